The van der Waals surface area contributed by atoms with E-state index in [1.54, 1.807) is 18.7 Å². The van der Waals surface area contributed by atoms with E-state index in [0.717, 1.165) is 21.6 Å². The van der Waals surface area contributed by atoms with Gasteiger partial charge in [-0.05, 0) is 37.4 Å². The maximum atomic E-state index is 12.6. The first kappa shape index (κ1) is 18.3. The second-order valence-electron chi connectivity index (χ2n) is 5.99. The van der Waals surface area contributed by atoms with Crippen molar-refractivity contribution < 1.29 is 9.90 Å². The Balaban J connectivity index is 1.84. The van der Waals surface area contributed by atoms with Crippen LogP contribution in [0, 0.1) is 0 Å². The Morgan fingerprint density at radius 1 is 1.23 bits per heavy atom. The quantitative estimate of drug-likeness (QED) is 0.557. The van der Waals surface area contributed by atoms with Crippen LogP contribution < -0.4 is 10.6 Å². The number of aliphatic hydroxyl groups is 1. The van der Waals surface area contributed by atoms with Crippen LogP contribution in [0.15, 0.2) is 53.4 Å². The summed E-state index contributed by atoms with van der Waals surface area (Å²) in [6.07, 6.45) is 1.47. The first-order valence-electron chi connectivity index (χ1n) is 8.38. The lowest BCUT2D eigenvalue weighted by Crippen LogP contribution is -2.22. The maximum absolute atomic E-state index is 12.6. The Hall–Kier alpha value is -2.51. The van der Waals surface area contributed by atoms with E-state index in [1.807, 2.05) is 59.4 Å². The number of para-hydroxylation sites is 3. The molecular weight excluding hydrogens is 348 g/mol. The van der Waals surface area contributed by atoms with Crippen LogP contribution in [0.1, 0.15) is 6.92 Å². The fraction of sp³-hybridized carbons (Fsp3) is 0.263. The number of fused-ring (bicyclic) bond motifs is 1. The molecule has 0 saturated carbocycles. The van der Waals surface area contributed by atoms with Gasteiger partial charge in [0.05, 0.1) is 22.8 Å². The summed E-state index contributed by atoms with van der Waals surface area (Å²) in [5, 5.41) is 15.6. The molecule has 0 fully saturated rings. The van der Waals surface area contributed by atoms with E-state index in [1.165, 1.54) is 0 Å². The third kappa shape index (κ3) is 4.17. The molecule has 136 valence electrons. The lowest BCUT2D eigenvalue weighted by atomic mass is 10.3. The number of hydrogen-bond donors (Lipinski definition) is 3. The highest BCUT2D eigenvalue weighted by Gasteiger charge is 2.14. The summed E-state index contributed by atoms with van der Waals surface area (Å²) in [5.74, 6) is 0.440. The molecule has 0 aliphatic carbocycles. The van der Waals surface area contributed by atoms with Gasteiger partial charge in [-0.15, -0.1) is 11.8 Å². The zero-order valence-electron chi connectivity index (χ0n) is 14.8. The van der Waals surface area contributed by atoms with Crippen molar-refractivity contribution in [2.75, 3.05) is 23.4 Å². The van der Waals surface area contributed by atoms with Crippen LogP contribution in [0.3, 0.4) is 0 Å². The van der Waals surface area contributed by atoms with E-state index >= 15 is 0 Å². The minimum absolute atomic E-state index is 0.130. The van der Waals surface area contributed by atoms with Crippen LogP contribution in [0.4, 0.5) is 11.6 Å². The minimum atomic E-state index is -0.509. The number of carbonyl (C=O) groups is 1. The molecule has 1 atom stereocenters. The monoisotopic (exact) mass is 370 g/mol. The summed E-state index contributed by atoms with van der Waals surface area (Å²) in [5.41, 5.74) is 2.47. The van der Waals surface area contributed by atoms with Crippen molar-refractivity contribution in [2.45, 2.75) is 24.5 Å². The van der Waals surface area contributed by atoms with Gasteiger partial charge >= 0.3 is 0 Å². The number of nitrogens with one attached hydrogen (secondary N) is 2. The number of hydrogen-bond acceptors (Lipinski definition) is 5. The van der Waals surface area contributed by atoms with Crippen molar-refractivity contribution in [2.24, 2.45) is 0 Å². The average molecular weight is 370 g/mol. The molecule has 1 aromatic heterocycles. The van der Waals surface area contributed by atoms with Crippen LogP contribution in [-0.4, -0.2) is 39.5 Å². The Kier molecular flexibility index (Phi) is 5.80. The van der Waals surface area contributed by atoms with Gasteiger partial charge in [0.1, 0.15) is 6.54 Å². The molecule has 0 bridgehead atoms. The fourth-order valence-corrected chi connectivity index (χ4v) is 3.24. The smallest absolute Gasteiger partial charge is 0.244 e. The Morgan fingerprint density at radius 2 is 1.96 bits per heavy atom. The molecule has 0 aliphatic heterocycles. The largest absolute Gasteiger partial charge is 0.392 e. The van der Waals surface area contributed by atoms with Crippen LogP contribution in [0.25, 0.3) is 11.0 Å². The molecule has 3 rings (SSSR count). The summed E-state index contributed by atoms with van der Waals surface area (Å²) in [6.45, 7) is 2.19. The van der Waals surface area contributed by atoms with Gasteiger partial charge < -0.3 is 20.3 Å². The van der Waals surface area contributed by atoms with E-state index in [9.17, 15) is 9.90 Å². The summed E-state index contributed by atoms with van der Waals surface area (Å²) >= 11 is 1.59. The van der Waals surface area contributed by atoms with Gasteiger partial charge in [-0.25, -0.2) is 4.98 Å². The highest BCUT2D eigenvalue weighted by Crippen LogP contribution is 2.25. The number of rotatable bonds is 7. The van der Waals surface area contributed by atoms with Crippen molar-refractivity contribution in [3.05, 3.63) is 48.5 Å². The second-order valence-corrected chi connectivity index (χ2v) is 6.84. The molecule has 2 aromatic carbocycles. The van der Waals surface area contributed by atoms with E-state index in [0.29, 0.717) is 12.5 Å². The molecule has 26 heavy (non-hydrogen) atoms. The predicted octanol–water partition coefficient (Wildman–Crippen LogP) is 3.19. The van der Waals surface area contributed by atoms with Gasteiger partial charge in [0.15, 0.2) is 0 Å². The van der Waals surface area contributed by atoms with Crippen LogP contribution >= 0.6 is 11.8 Å². The Morgan fingerprint density at radius 3 is 2.73 bits per heavy atom. The molecule has 7 heteroatoms. The maximum Gasteiger partial charge on any atom is 0.244 e. The van der Waals surface area contributed by atoms with E-state index in [2.05, 4.69) is 15.6 Å². The summed E-state index contributed by atoms with van der Waals surface area (Å²) in [6, 6.07) is 15.4. The van der Waals surface area contributed by atoms with Crippen molar-refractivity contribution in [1.82, 2.24) is 9.55 Å². The highest BCUT2D eigenvalue weighted by molar-refractivity contribution is 7.98. The molecule has 1 heterocycles. The van der Waals surface area contributed by atoms with Gasteiger partial charge in [0.2, 0.25) is 11.9 Å². The minimum Gasteiger partial charge on any atom is -0.392 e. The molecule has 1 unspecified atom stereocenters. The Labute approximate surface area is 156 Å². The molecule has 0 radical (unpaired) electrons. The van der Waals surface area contributed by atoms with E-state index < -0.39 is 6.10 Å². The molecule has 1 amide bonds. The van der Waals surface area contributed by atoms with Gasteiger partial charge in [-0.3, -0.25) is 4.79 Å². The number of amides is 1. The van der Waals surface area contributed by atoms with Crippen LogP contribution in [0.5, 0.6) is 0 Å². The molecular formula is C19H22N4O2S. The van der Waals surface area contributed by atoms with Gasteiger partial charge in [0.25, 0.3) is 0 Å². The van der Waals surface area contributed by atoms with Crippen molar-refractivity contribution in [1.29, 1.82) is 0 Å². The van der Waals surface area contributed by atoms with E-state index in [-0.39, 0.29) is 12.5 Å². The molecule has 0 aliphatic rings. The second kappa shape index (κ2) is 8.25. The highest BCUT2D eigenvalue weighted by atomic mass is 32.2. The number of thioether (sulfide) groups is 1. The molecule has 3 N–H and O–H groups in total. The standard InChI is InChI=1S/C19H22N4O2S/c1-13(24)11-20-19-22-14-7-3-5-9-16(14)23(19)12-18(25)21-15-8-4-6-10-17(15)26-2/h3-10,13,24H,11-12H2,1-2H3,(H,20,22)(H,21,25). The first-order valence-corrected chi connectivity index (χ1v) is 9.61. The topological polar surface area (TPSA) is 79.2 Å². The number of aliphatic hydroxyl groups excluding tert-OH is 1. The number of nitrogens with zero attached hydrogens (tertiary/aromatic N) is 2. The fourth-order valence-electron chi connectivity index (χ4n) is 2.69. The number of imidazole rings is 1. The number of anilines is 2. The van der Waals surface area contributed by atoms with Crippen molar-refractivity contribution in [3.63, 3.8) is 0 Å². The summed E-state index contributed by atoms with van der Waals surface area (Å²) in [7, 11) is 0. The number of carbonyl (C=O) groups excluding carboxylic acids is 1. The van der Waals surface area contributed by atoms with E-state index in [4.69, 9.17) is 0 Å². The number of aromatic nitrogens is 2. The number of benzene rings is 2. The summed E-state index contributed by atoms with van der Waals surface area (Å²) < 4.78 is 1.83. The predicted molar refractivity (Wildman–Crippen MR) is 107 cm³/mol. The Bertz CT molecular complexity index is 907. The third-order valence-corrected chi connectivity index (χ3v) is 4.69. The molecule has 0 saturated heterocycles. The van der Waals surface area contributed by atoms with Crippen molar-refractivity contribution in [3.8, 4) is 0 Å². The summed E-state index contributed by atoms with van der Waals surface area (Å²) in [4.78, 5) is 18.2. The SMILES string of the molecule is CSc1ccccc1NC(=O)Cn1c(NCC(C)O)nc2ccccc21. The lowest BCUT2D eigenvalue weighted by molar-refractivity contribution is -0.116. The molecule has 0 spiro atoms. The van der Waals surface area contributed by atoms with Gasteiger partial charge in [-0.2, -0.15) is 0 Å². The molecule has 6 nitrogen and oxygen atoms in total. The lowest BCUT2D eigenvalue weighted by Gasteiger charge is -2.13. The third-order valence-electron chi connectivity index (χ3n) is 3.89. The van der Waals surface area contributed by atoms with Crippen molar-refractivity contribution >= 4 is 40.3 Å². The first-order chi connectivity index (χ1) is 12.6. The van der Waals surface area contributed by atoms with Crippen LogP contribution in [0.2, 0.25) is 0 Å². The average Bonchev–Trinajstić information content (AvgIpc) is 2.98. The molecule has 3 aromatic rings. The zero-order chi connectivity index (χ0) is 18.5. The van der Waals surface area contributed by atoms with Gasteiger partial charge in [-0.1, -0.05) is 24.3 Å². The zero-order valence-corrected chi connectivity index (χ0v) is 15.6. The van der Waals surface area contributed by atoms with Crippen LogP contribution in [-0.2, 0) is 11.3 Å². The normalized spacial score (nSPS) is 12.1. The van der Waals surface area contributed by atoms with Gasteiger partial charge in [0, 0.05) is 11.4 Å².